The zero-order chi connectivity index (χ0) is 16.0. The third kappa shape index (κ3) is 5.14. The summed E-state index contributed by atoms with van der Waals surface area (Å²) >= 11 is 0. The molecule has 0 unspecified atom stereocenters. The lowest BCUT2D eigenvalue weighted by Gasteiger charge is -2.21. The van der Waals surface area contributed by atoms with E-state index in [0.29, 0.717) is 11.5 Å². The molecule has 2 N–H and O–H groups in total. The van der Waals surface area contributed by atoms with Crippen LogP contribution in [0.3, 0.4) is 0 Å². The van der Waals surface area contributed by atoms with Crippen LogP contribution < -0.4 is 0 Å². The Bertz CT molecular complexity index is 563. The number of aryl methyl sites for hydroxylation is 2. The van der Waals surface area contributed by atoms with E-state index in [1.54, 1.807) is 12.1 Å². The maximum absolute atomic E-state index is 9.92. The summed E-state index contributed by atoms with van der Waals surface area (Å²) in [4.78, 5) is 0. The van der Waals surface area contributed by atoms with Crippen molar-refractivity contribution >= 4 is 0 Å². The van der Waals surface area contributed by atoms with E-state index in [9.17, 15) is 5.11 Å². The second-order valence-electron chi connectivity index (χ2n) is 6.26. The van der Waals surface area contributed by atoms with Crippen molar-refractivity contribution in [1.82, 2.24) is 0 Å². The largest absolute Gasteiger partial charge is 0.508 e. The second kappa shape index (κ2) is 7.16. The van der Waals surface area contributed by atoms with Crippen LogP contribution in [0, 0.1) is 6.92 Å². The number of hydrogen-bond acceptors (Lipinski definition) is 2. The summed E-state index contributed by atoms with van der Waals surface area (Å²) in [6, 6.07) is 13.1. The normalized spacial score (nSPS) is 10.7. The van der Waals surface area contributed by atoms with E-state index < -0.39 is 0 Å². The van der Waals surface area contributed by atoms with E-state index >= 15 is 0 Å². The highest BCUT2D eigenvalue weighted by Gasteiger charge is 2.18. The summed E-state index contributed by atoms with van der Waals surface area (Å²) < 4.78 is 0. The number of aromatic hydroxyl groups is 2. The van der Waals surface area contributed by atoms with Gasteiger partial charge in [-0.3, -0.25) is 0 Å². The average Bonchev–Trinajstić information content (AvgIpc) is 2.38. The SMILES string of the molecule is CCc1cccc(C(C)(C)C)c1O.Cc1cccc(O)c1. The first-order valence-electron chi connectivity index (χ1n) is 7.32. The predicted molar refractivity (Wildman–Crippen MR) is 89.0 cm³/mol. The van der Waals surface area contributed by atoms with Crippen molar-refractivity contribution in [1.29, 1.82) is 0 Å². The zero-order valence-electron chi connectivity index (χ0n) is 13.6. The van der Waals surface area contributed by atoms with Crippen LogP contribution in [0.2, 0.25) is 0 Å². The van der Waals surface area contributed by atoms with E-state index in [0.717, 1.165) is 23.1 Å². The van der Waals surface area contributed by atoms with Crippen LogP contribution in [-0.2, 0) is 11.8 Å². The van der Waals surface area contributed by atoms with Crippen molar-refractivity contribution in [3.05, 3.63) is 59.2 Å². The molecular weight excluding hydrogens is 260 g/mol. The fourth-order valence-corrected chi connectivity index (χ4v) is 2.11. The average molecular weight is 286 g/mol. The summed E-state index contributed by atoms with van der Waals surface area (Å²) in [6.07, 6.45) is 0.885. The van der Waals surface area contributed by atoms with Crippen molar-refractivity contribution in [2.24, 2.45) is 0 Å². The molecule has 0 aliphatic rings. The topological polar surface area (TPSA) is 40.5 Å². The summed E-state index contributed by atoms with van der Waals surface area (Å²) in [6.45, 7) is 10.3. The first kappa shape index (κ1) is 17.1. The highest BCUT2D eigenvalue weighted by molar-refractivity contribution is 5.43. The summed E-state index contributed by atoms with van der Waals surface area (Å²) in [5.41, 5.74) is 3.18. The maximum Gasteiger partial charge on any atom is 0.122 e. The number of rotatable bonds is 1. The number of phenols is 2. The molecule has 0 saturated carbocycles. The lowest BCUT2D eigenvalue weighted by Crippen LogP contribution is -2.11. The van der Waals surface area contributed by atoms with E-state index in [-0.39, 0.29) is 5.41 Å². The Morgan fingerprint density at radius 1 is 0.952 bits per heavy atom. The van der Waals surface area contributed by atoms with E-state index in [1.165, 1.54) is 0 Å². The van der Waals surface area contributed by atoms with Gasteiger partial charge in [-0.25, -0.2) is 0 Å². The molecule has 114 valence electrons. The van der Waals surface area contributed by atoms with Gasteiger partial charge in [0.05, 0.1) is 0 Å². The number of benzene rings is 2. The molecule has 0 spiro atoms. The summed E-state index contributed by atoms with van der Waals surface area (Å²) in [5.74, 6) is 0.808. The van der Waals surface area contributed by atoms with E-state index in [1.807, 2.05) is 37.3 Å². The Labute approximate surface area is 128 Å². The first-order valence-corrected chi connectivity index (χ1v) is 7.32. The molecule has 0 aliphatic carbocycles. The minimum Gasteiger partial charge on any atom is -0.508 e. The molecule has 0 aromatic heterocycles. The Hall–Kier alpha value is -1.96. The van der Waals surface area contributed by atoms with Crippen LogP contribution in [0.15, 0.2) is 42.5 Å². The quantitative estimate of drug-likeness (QED) is 0.778. The highest BCUT2D eigenvalue weighted by Crippen LogP contribution is 2.32. The molecule has 0 fully saturated rings. The van der Waals surface area contributed by atoms with Crippen molar-refractivity contribution < 1.29 is 10.2 Å². The molecule has 2 heteroatoms. The predicted octanol–water partition coefficient (Wildman–Crippen LogP) is 4.95. The van der Waals surface area contributed by atoms with Crippen molar-refractivity contribution in [3.8, 4) is 11.5 Å². The molecule has 0 heterocycles. The van der Waals surface area contributed by atoms with Gasteiger partial charge in [0.15, 0.2) is 0 Å². The molecule has 21 heavy (non-hydrogen) atoms. The van der Waals surface area contributed by atoms with Gasteiger partial charge < -0.3 is 10.2 Å². The Balaban J connectivity index is 0.000000235. The van der Waals surface area contributed by atoms with Crippen molar-refractivity contribution in [2.45, 2.75) is 46.5 Å². The molecule has 2 rings (SSSR count). The van der Waals surface area contributed by atoms with Crippen molar-refractivity contribution in [2.75, 3.05) is 0 Å². The molecular formula is C19H26O2. The standard InChI is InChI=1S/C12H18O.C7H8O/c1-5-9-7-6-8-10(11(9)13)12(2,3)4;1-6-3-2-4-7(8)5-6/h6-8,13H,5H2,1-4H3;2-5,8H,1H3. The van der Waals surface area contributed by atoms with Gasteiger partial charge in [-0.15, -0.1) is 0 Å². The smallest absolute Gasteiger partial charge is 0.122 e. The van der Waals surface area contributed by atoms with Gasteiger partial charge in [-0.2, -0.15) is 0 Å². The number of hydrogen-bond donors (Lipinski definition) is 2. The van der Waals surface area contributed by atoms with Crippen LogP contribution in [0.1, 0.15) is 44.4 Å². The molecule has 0 bridgehead atoms. The fraction of sp³-hybridized carbons (Fsp3) is 0.368. The third-order valence-electron chi connectivity index (χ3n) is 3.31. The van der Waals surface area contributed by atoms with Gasteiger partial charge in [0.2, 0.25) is 0 Å². The summed E-state index contributed by atoms with van der Waals surface area (Å²) in [7, 11) is 0. The van der Waals surface area contributed by atoms with Crippen LogP contribution in [-0.4, -0.2) is 10.2 Å². The van der Waals surface area contributed by atoms with Gasteiger partial charge in [-0.05, 0) is 47.6 Å². The Morgan fingerprint density at radius 3 is 2.00 bits per heavy atom. The molecule has 0 aliphatic heterocycles. The van der Waals surface area contributed by atoms with Crippen LogP contribution in [0.5, 0.6) is 11.5 Å². The third-order valence-corrected chi connectivity index (χ3v) is 3.31. The van der Waals surface area contributed by atoms with Crippen LogP contribution in [0.25, 0.3) is 0 Å². The molecule has 2 nitrogen and oxygen atoms in total. The first-order chi connectivity index (χ1) is 9.75. The molecule has 0 atom stereocenters. The zero-order valence-corrected chi connectivity index (χ0v) is 13.6. The lowest BCUT2D eigenvalue weighted by atomic mass is 9.85. The minimum atomic E-state index is 0.0231. The molecule has 2 aromatic rings. The molecule has 0 amide bonds. The minimum absolute atomic E-state index is 0.0231. The monoisotopic (exact) mass is 286 g/mol. The van der Waals surface area contributed by atoms with Crippen molar-refractivity contribution in [3.63, 3.8) is 0 Å². The van der Waals surface area contributed by atoms with Gasteiger partial charge >= 0.3 is 0 Å². The number of para-hydroxylation sites is 1. The van der Waals surface area contributed by atoms with Gasteiger partial charge in [-0.1, -0.05) is 58.0 Å². The van der Waals surface area contributed by atoms with E-state index in [4.69, 9.17) is 5.11 Å². The molecule has 2 aromatic carbocycles. The maximum atomic E-state index is 9.92. The number of phenolic OH excluding ortho intramolecular Hbond substituents is 2. The van der Waals surface area contributed by atoms with Gasteiger partial charge in [0.25, 0.3) is 0 Å². The summed E-state index contributed by atoms with van der Waals surface area (Å²) in [5, 5.41) is 18.7. The van der Waals surface area contributed by atoms with Crippen LogP contribution in [0.4, 0.5) is 0 Å². The Kier molecular flexibility index (Phi) is 5.83. The lowest BCUT2D eigenvalue weighted by molar-refractivity contribution is 0.441. The highest BCUT2D eigenvalue weighted by atomic mass is 16.3. The second-order valence-corrected chi connectivity index (χ2v) is 6.26. The molecule has 0 saturated heterocycles. The van der Waals surface area contributed by atoms with Gasteiger partial charge in [0, 0.05) is 0 Å². The fourth-order valence-electron chi connectivity index (χ4n) is 2.11. The van der Waals surface area contributed by atoms with E-state index in [2.05, 4.69) is 27.7 Å². The van der Waals surface area contributed by atoms with Crippen LogP contribution >= 0.6 is 0 Å². The van der Waals surface area contributed by atoms with Gasteiger partial charge in [0.1, 0.15) is 11.5 Å². The molecule has 0 radical (unpaired) electrons. The Morgan fingerprint density at radius 2 is 1.57 bits per heavy atom.